The normalized spacial score (nSPS) is 10.8. The van der Waals surface area contributed by atoms with Crippen LogP contribution in [-0.4, -0.2) is 29.4 Å². The van der Waals surface area contributed by atoms with E-state index in [2.05, 4.69) is 4.98 Å². The van der Waals surface area contributed by atoms with Crippen molar-refractivity contribution >= 4 is 27.5 Å². The monoisotopic (exact) mass is 344 g/mol. The molecule has 4 nitrogen and oxygen atoms in total. The summed E-state index contributed by atoms with van der Waals surface area (Å²) in [6.45, 7) is 0.599. The molecule has 0 aliphatic rings. The van der Waals surface area contributed by atoms with Crippen molar-refractivity contribution in [1.29, 1.82) is 0 Å². The fourth-order valence-corrected chi connectivity index (χ4v) is 3.30. The number of rotatable bonds is 6. The number of fused-ring (bicyclic) bond motifs is 1. The third-order valence-corrected chi connectivity index (χ3v) is 4.57. The van der Waals surface area contributed by atoms with Crippen LogP contribution in [0.1, 0.15) is 11.4 Å². The lowest BCUT2D eigenvalue weighted by molar-refractivity contribution is -0.130. The van der Waals surface area contributed by atoms with Crippen LogP contribution in [-0.2, 0) is 11.3 Å². The second-order valence-electron chi connectivity index (χ2n) is 5.35. The first kappa shape index (κ1) is 16.4. The second kappa shape index (κ2) is 7.40. The van der Waals surface area contributed by atoms with Crippen LogP contribution in [0.5, 0.6) is 5.75 Å². The zero-order valence-corrected chi connectivity index (χ0v) is 14.1. The van der Waals surface area contributed by atoms with Gasteiger partial charge in [-0.25, -0.2) is 9.37 Å². The van der Waals surface area contributed by atoms with Crippen LogP contribution >= 0.6 is 11.3 Å². The van der Waals surface area contributed by atoms with E-state index in [1.165, 1.54) is 6.07 Å². The van der Waals surface area contributed by atoms with E-state index in [1.807, 2.05) is 24.3 Å². The van der Waals surface area contributed by atoms with Crippen LogP contribution < -0.4 is 4.74 Å². The van der Waals surface area contributed by atoms with E-state index in [-0.39, 0.29) is 24.7 Å². The molecule has 0 saturated heterocycles. The summed E-state index contributed by atoms with van der Waals surface area (Å²) in [6, 6.07) is 14.1. The second-order valence-corrected chi connectivity index (χ2v) is 6.47. The highest BCUT2D eigenvalue weighted by atomic mass is 32.1. The fourth-order valence-electron chi connectivity index (χ4n) is 2.28. The smallest absolute Gasteiger partial charge is 0.226 e. The molecule has 0 N–H and O–H groups in total. The standard InChI is InChI=1S/C18H17FN2O2S/c1-21(12-17-20-14-7-3-5-9-16(14)24-17)18(22)10-11-23-15-8-4-2-6-13(15)19/h2-9H,10-12H2,1H3. The van der Waals surface area contributed by atoms with Crippen molar-refractivity contribution in [3.8, 4) is 5.75 Å². The van der Waals surface area contributed by atoms with E-state index in [4.69, 9.17) is 4.74 Å². The SMILES string of the molecule is CN(Cc1nc2ccccc2s1)C(=O)CCOc1ccccc1F. The fraction of sp³-hybridized carbons (Fsp3) is 0.222. The Labute approximate surface area is 143 Å². The molecule has 6 heteroatoms. The molecule has 1 amide bonds. The summed E-state index contributed by atoms with van der Waals surface area (Å²) >= 11 is 1.58. The quantitative estimate of drug-likeness (QED) is 0.682. The maximum Gasteiger partial charge on any atom is 0.226 e. The number of halogens is 1. The number of carbonyl (C=O) groups is 1. The van der Waals surface area contributed by atoms with Gasteiger partial charge in [0.05, 0.1) is 29.8 Å². The molecule has 0 atom stereocenters. The van der Waals surface area contributed by atoms with Crippen LogP contribution in [0.4, 0.5) is 4.39 Å². The molecule has 3 aromatic rings. The van der Waals surface area contributed by atoms with E-state index in [0.29, 0.717) is 6.54 Å². The molecule has 0 aliphatic heterocycles. The van der Waals surface area contributed by atoms with Crippen molar-refractivity contribution in [2.75, 3.05) is 13.7 Å². The Kier molecular flexibility index (Phi) is 5.05. The number of thiazole rings is 1. The van der Waals surface area contributed by atoms with Crippen LogP contribution in [0.3, 0.4) is 0 Å². The summed E-state index contributed by atoms with van der Waals surface area (Å²) in [7, 11) is 1.73. The van der Waals surface area contributed by atoms with Crippen LogP contribution in [0.25, 0.3) is 10.2 Å². The van der Waals surface area contributed by atoms with Crippen molar-refractivity contribution < 1.29 is 13.9 Å². The molecule has 1 heterocycles. The molecule has 2 aromatic carbocycles. The molecule has 0 fully saturated rings. The highest BCUT2D eigenvalue weighted by Crippen LogP contribution is 2.22. The minimum absolute atomic E-state index is 0.0643. The maximum atomic E-state index is 13.4. The summed E-state index contributed by atoms with van der Waals surface area (Å²) in [5.41, 5.74) is 0.946. The molecule has 1 aromatic heterocycles. The zero-order valence-electron chi connectivity index (χ0n) is 13.2. The van der Waals surface area contributed by atoms with Gasteiger partial charge in [0.15, 0.2) is 11.6 Å². The highest BCUT2D eigenvalue weighted by molar-refractivity contribution is 7.18. The molecule has 0 unspecified atom stereocenters. The largest absolute Gasteiger partial charge is 0.490 e. The third-order valence-electron chi connectivity index (χ3n) is 3.55. The van der Waals surface area contributed by atoms with Gasteiger partial charge in [-0.05, 0) is 24.3 Å². The predicted molar refractivity (Wildman–Crippen MR) is 92.6 cm³/mol. The number of hydrogen-bond acceptors (Lipinski definition) is 4. The lowest BCUT2D eigenvalue weighted by atomic mass is 10.3. The van der Waals surface area contributed by atoms with Crippen molar-refractivity contribution in [2.24, 2.45) is 0 Å². The van der Waals surface area contributed by atoms with Crippen molar-refractivity contribution in [3.05, 3.63) is 59.4 Å². The van der Waals surface area contributed by atoms with Crippen LogP contribution in [0, 0.1) is 5.82 Å². The minimum Gasteiger partial charge on any atom is -0.490 e. The topological polar surface area (TPSA) is 42.4 Å². The third kappa shape index (κ3) is 3.89. The summed E-state index contributed by atoms with van der Waals surface area (Å²) in [4.78, 5) is 18.3. The predicted octanol–water partition coefficient (Wildman–Crippen LogP) is 3.86. The lowest BCUT2D eigenvalue weighted by Crippen LogP contribution is -2.27. The maximum absolute atomic E-state index is 13.4. The first-order chi connectivity index (χ1) is 11.6. The number of hydrogen-bond donors (Lipinski definition) is 0. The Hall–Kier alpha value is -2.47. The molecule has 0 aliphatic carbocycles. The van der Waals surface area contributed by atoms with E-state index < -0.39 is 5.82 Å². The summed E-state index contributed by atoms with van der Waals surface area (Å²) in [5.74, 6) is -0.322. The van der Waals surface area contributed by atoms with Gasteiger partial charge in [-0.15, -0.1) is 11.3 Å². The average molecular weight is 344 g/mol. The number of nitrogens with zero attached hydrogens (tertiary/aromatic N) is 2. The van der Waals surface area contributed by atoms with E-state index in [9.17, 15) is 9.18 Å². The molecule has 0 saturated carbocycles. The summed E-state index contributed by atoms with van der Waals surface area (Å²) in [5, 5.41) is 0.891. The highest BCUT2D eigenvalue weighted by Gasteiger charge is 2.13. The van der Waals surface area contributed by atoms with E-state index >= 15 is 0 Å². The Balaban J connectivity index is 1.52. The molecular formula is C18H17FN2O2S. The van der Waals surface area contributed by atoms with Gasteiger partial charge in [0, 0.05) is 7.05 Å². The Bertz CT molecular complexity index is 817. The van der Waals surface area contributed by atoms with Gasteiger partial charge in [-0.3, -0.25) is 4.79 Å². The molecule has 124 valence electrons. The van der Waals surface area contributed by atoms with Crippen LogP contribution in [0.15, 0.2) is 48.5 Å². The Morgan fingerprint density at radius 3 is 2.75 bits per heavy atom. The number of ether oxygens (including phenoxy) is 1. The van der Waals surface area contributed by atoms with Crippen molar-refractivity contribution in [1.82, 2.24) is 9.88 Å². The van der Waals surface area contributed by atoms with Gasteiger partial charge in [0.1, 0.15) is 5.01 Å². The molecule has 24 heavy (non-hydrogen) atoms. The number of aromatic nitrogens is 1. The van der Waals surface area contributed by atoms with Gasteiger partial charge < -0.3 is 9.64 Å². The molecule has 0 radical (unpaired) electrons. The van der Waals surface area contributed by atoms with Gasteiger partial charge in [0.25, 0.3) is 0 Å². The number of benzene rings is 2. The van der Waals surface area contributed by atoms with Gasteiger partial charge >= 0.3 is 0 Å². The zero-order chi connectivity index (χ0) is 16.9. The molecular weight excluding hydrogens is 327 g/mol. The molecule has 0 spiro atoms. The Morgan fingerprint density at radius 2 is 1.96 bits per heavy atom. The number of para-hydroxylation sites is 2. The number of amides is 1. The lowest BCUT2D eigenvalue weighted by Gasteiger charge is -2.15. The summed E-state index contributed by atoms with van der Waals surface area (Å²) < 4.78 is 19.9. The first-order valence-corrected chi connectivity index (χ1v) is 8.41. The van der Waals surface area contributed by atoms with Crippen LogP contribution in [0.2, 0.25) is 0 Å². The van der Waals surface area contributed by atoms with E-state index in [0.717, 1.165) is 15.2 Å². The van der Waals surface area contributed by atoms with Crippen molar-refractivity contribution in [3.63, 3.8) is 0 Å². The summed E-state index contributed by atoms with van der Waals surface area (Å²) in [6.07, 6.45) is 0.190. The molecule has 3 rings (SSSR count). The van der Waals surface area contributed by atoms with Crippen molar-refractivity contribution in [2.45, 2.75) is 13.0 Å². The first-order valence-electron chi connectivity index (χ1n) is 7.59. The van der Waals surface area contributed by atoms with E-state index in [1.54, 1.807) is 41.5 Å². The van der Waals surface area contributed by atoms with Gasteiger partial charge in [0.2, 0.25) is 5.91 Å². The number of carbonyl (C=O) groups excluding carboxylic acids is 1. The minimum atomic E-state index is -0.423. The van der Waals surface area contributed by atoms with Gasteiger partial charge in [-0.2, -0.15) is 0 Å². The molecule has 0 bridgehead atoms. The van der Waals surface area contributed by atoms with Gasteiger partial charge in [-0.1, -0.05) is 24.3 Å². The average Bonchev–Trinajstić information content (AvgIpc) is 2.98. The Morgan fingerprint density at radius 1 is 1.21 bits per heavy atom.